The molecule has 3 aromatic rings. The molecule has 0 fully saturated rings. The van der Waals surface area contributed by atoms with E-state index in [1.165, 1.54) is 11.3 Å². The van der Waals surface area contributed by atoms with E-state index in [1.54, 1.807) is 12.5 Å². The van der Waals surface area contributed by atoms with Crippen LogP contribution in [0.25, 0.3) is 10.1 Å². The minimum Gasteiger partial charge on any atom is -0.351 e. The van der Waals surface area contributed by atoms with Crippen LogP contribution in [0, 0.1) is 0 Å². The lowest BCUT2D eigenvalue weighted by Gasteiger charge is -2.02. The number of nitrogens with zero attached hydrogens (tertiary/aromatic N) is 1. The summed E-state index contributed by atoms with van der Waals surface area (Å²) in [5, 5.41) is 4.34. The third kappa shape index (κ3) is 2.55. The zero-order chi connectivity index (χ0) is 13.9. The van der Waals surface area contributed by atoms with Crippen LogP contribution in [0.15, 0.2) is 36.8 Å². The van der Waals surface area contributed by atoms with Gasteiger partial charge >= 0.3 is 0 Å². The van der Waals surface area contributed by atoms with Crippen molar-refractivity contribution >= 4 is 38.9 Å². The van der Waals surface area contributed by atoms with Crippen LogP contribution in [-0.2, 0) is 6.42 Å². The number of nitrogens with one attached hydrogen (secondary N) is 2. The van der Waals surface area contributed by atoms with E-state index in [1.807, 2.05) is 24.3 Å². The molecule has 0 aliphatic heterocycles. The van der Waals surface area contributed by atoms with Crippen LogP contribution in [-0.4, -0.2) is 22.4 Å². The zero-order valence-electron chi connectivity index (χ0n) is 10.5. The second kappa shape index (κ2) is 5.64. The molecule has 1 aromatic carbocycles. The number of aromatic amines is 1. The molecule has 0 bridgehead atoms. The Morgan fingerprint density at radius 3 is 3.00 bits per heavy atom. The van der Waals surface area contributed by atoms with Crippen molar-refractivity contribution in [3.05, 3.63) is 52.4 Å². The van der Waals surface area contributed by atoms with Crippen molar-refractivity contribution in [3.63, 3.8) is 0 Å². The number of fused-ring (bicyclic) bond motifs is 1. The monoisotopic (exact) mass is 305 g/mol. The van der Waals surface area contributed by atoms with E-state index in [0.29, 0.717) is 22.9 Å². The number of thiophene rings is 1. The third-order valence-corrected chi connectivity index (χ3v) is 4.65. The number of hydrogen-bond donors (Lipinski definition) is 2. The average Bonchev–Trinajstić information content (AvgIpc) is 3.08. The molecule has 6 heteroatoms. The van der Waals surface area contributed by atoms with Crippen LogP contribution in [0.4, 0.5) is 0 Å². The van der Waals surface area contributed by atoms with Crippen molar-refractivity contribution in [3.8, 4) is 0 Å². The Morgan fingerprint density at radius 1 is 1.40 bits per heavy atom. The molecule has 0 saturated carbocycles. The van der Waals surface area contributed by atoms with Gasteiger partial charge in [0.2, 0.25) is 0 Å². The summed E-state index contributed by atoms with van der Waals surface area (Å²) in [5.74, 6) is -0.129. The highest BCUT2D eigenvalue weighted by Crippen LogP contribution is 2.34. The number of carbonyl (C=O) groups excluding carboxylic acids is 1. The largest absolute Gasteiger partial charge is 0.351 e. The number of halogens is 1. The fraction of sp³-hybridized carbons (Fsp3) is 0.143. The van der Waals surface area contributed by atoms with Gasteiger partial charge in [0, 0.05) is 34.9 Å². The van der Waals surface area contributed by atoms with E-state index in [-0.39, 0.29) is 5.91 Å². The Labute approximate surface area is 124 Å². The summed E-state index contributed by atoms with van der Waals surface area (Å²) in [5.41, 5.74) is 0.993. The Hall–Kier alpha value is -1.85. The lowest BCUT2D eigenvalue weighted by Crippen LogP contribution is -2.25. The fourth-order valence-electron chi connectivity index (χ4n) is 1.97. The van der Waals surface area contributed by atoms with E-state index in [0.717, 1.165) is 15.8 Å². The van der Waals surface area contributed by atoms with E-state index in [4.69, 9.17) is 11.6 Å². The van der Waals surface area contributed by atoms with Crippen molar-refractivity contribution in [1.82, 2.24) is 15.3 Å². The number of benzene rings is 1. The Morgan fingerprint density at radius 2 is 2.25 bits per heavy atom. The van der Waals surface area contributed by atoms with E-state index in [9.17, 15) is 4.79 Å². The Bertz CT molecular complexity index is 736. The van der Waals surface area contributed by atoms with E-state index >= 15 is 0 Å². The van der Waals surface area contributed by atoms with Crippen LogP contribution in [0.5, 0.6) is 0 Å². The Balaban J connectivity index is 1.71. The molecule has 0 unspecified atom stereocenters. The summed E-state index contributed by atoms with van der Waals surface area (Å²) in [6.07, 6.45) is 4.09. The highest BCUT2D eigenvalue weighted by atomic mass is 35.5. The summed E-state index contributed by atoms with van der Waals surface area (Å²) in [7, 11) is 0. The number of rotatable bonds is 4. The van der Waals surface area contributed by atoms with Gasteiger partial charge in [0.15, 0.2) is 0 Å². The number of H-pyrrole nitrogens is 1. The second-order valence-corrected chi connectivity index (χ2v) is 5.75. The third-order valence-electron chi connectivity index (χ3n) is 2.98. The minimum atomic E-state index is -0.129. The molecule has 3 rings (SSSR count). The smallest absolute Gasteiger partial charge is 0.262 e. The summed E-state index contributed by atoms with van der Waals surface area (Å²) in [4.78, 5) is 19.7. The molecular formula is C14H12ClN3OS. The molecule has 2 aromatic heterocycles. The lowest BCUT2D eigenvalue weighted by atomic mass is 10.2. The normalized spacial score (nSPS) is 10.8. The summed E-state index contributed by atoms with van der Waals surface area (Å²) >= 11 is 7.68. The van der Waals surface area contributed by atoms with Gasteiger partial charge in [-0.05, 0) is 6.07 Å². The van der Waals surface area contributed by atoms with Crippen LogP contribution in [0.1, 0.15) is 15.4 Å². The summed E-state index contributed by atoms with van der Waals surface area (Å²) in [6.45, 7) is 0.547. The topological polar surface area (TPSA) is 57.8 Å². The van der Waals surface area contributed by atoms with E-state index < -0.39 is 0 Å². The van der Waals surface area contributed by atoms with Gasteiger partial charge in [0.25, 0.3) is 5.91 Å². The molecule has 102 valence electrons. The number of carbonyl (C=O) groups is 1. The highest BCUT2D eigenvalue weighted by molar-refractivity contribution is 7.21. The number of hydrogen-bond acceptors (Lipinski definition) is 3. The van der Waals surface area contributed by atoms with Crippen molar-refractivity contribution in [2.24, 2.45) is 0 Å². The fourth-order valence-corrected chi connectivity index (χ4v) is 3.41. The molecule has 0 spiro atoms. The molecule has 1 amide bonds. The molecule has 0 saturated heterocycles. The molecule has 2 heterocycles. The second-order valence-electron chi connectivity index (χ2n) is 4.32. The van der Waals surface area contributed by atoms with Gasteiger partial charge in [-0.25, -0.2) is 4.98 Å². The summed E-state index contributed by atoms with van der Waals surface area (Å²) < 4.78 is 1.02. The quantitative estimate of drug-likeness (QED) is 0.777. The van der Waals surface area contributed by atoms with Gasteiger partial charge in [-0.15, -0.1) is 11.3 Å². The maximum Gasteiger partial charge on any atom is 0.262 e. The van der Waals surface area contributed by atoms with Crippen LogP contribution < -0.4 is 5.32 Å². The molecule has 4 nitrogen and oxygen atoms in total. The number of imidazole rings is 1. The van der Waals surface area contributed by atoms with Crippen molar-refractivity contribution < 1.29 is 4.79 Å². The summed E-state index contributed by atoms with van der Waals surface area (Å²) in [6, 6.07) is 7.75. The van der Waals surface area contributed by atoms with Gasteiger partial charge in [-0.1, -0.05) is 29.8 Å². The van der Waals surface area contributed by atoms with Crippen LogP contribution in [0.2, 0.25) is 5.02 Å². The number of amides is 1. The highest BCUT2D eigenvalue weighted by Gasteiger charge is 2.16. The zero-order valence-corrected chi connectivity index (χ0v) is 12.1. The first-order valence-electron chi connectivity index (χ1n) is 6.18. The van der Waals surface area contributed by atoms with E-state index in [2.05, 4.69) is 15.3 Å². The molecule has 0 aliphatic rings. The standard InChI is InChI=1S/C14H12ClN3OS/c15-12-10-3-1-2-4-11(10)20-13(12)14(19)17-6-5-9-7-16-8-18-9/h1-4,7-8H,5-6H2,(H,16,18)(H,17,19). The molecule has 0 radical (unpaired) electrons. The van der Waals surface area contributed by atoms with Gasteiger partial charge in [0.05, 0.1) is 11.3 Å². The van der Waals surface area contributed by atoms with Crippen LogP contribution >= 0.6 is 22.9 Å². The van der Waals surface area contributed by atoms with Gasteiger partial charge in [0.1, 0.15) is 4.88 Å². The first-order valence-corrected chi connectivity index (χ1v) is 7.37. The van der Waals surface area contributed by atoms with Crippen molar-refractivity contribution in [1.29, 1.82) is 0 Å². The maximum atomic E-state index is 12.2. The predicted octanol–water partition coefficient (Wildman–Crippen LogP) is 3.25. The molecule has 0 aliphatic carbocycles. The SMILES string of the molecule is O=C(NCCc1cnc[nH]1)c1sc2ccccc2c1Cl. The number of aromatic nitrogens is 2. The average molecular weight is 306 g/mol. The lowest BCUT2D eigenvalue weighted by molar-refractivity contribution is 0.0958. The first-order chi connectivity index (χ1) is 9.75. The van der Waals surface area contributed by atoms with Gasteiger partial charge < -0.3 is 10.3 Å². The van der Waals surface area contributed by atoms with Gasteiger partial charge in [-0.2, -0.15) is 0 Å². The Kier molecular flexibility index (Phi) is 3.71. The molecule has 0 atom stereocenters. The van der Waals surface area contributed by atoms with Crippen LogP contribution in [0.3, 0.4) is 0 Å². The maximum absolute atomic E-state index is 12.2. The molecule has 2 N–H and O–H groups in total. The molecule has 20 heavy (non-hydrogen) atoms. The van der Waals surface area contributed by atoms with Crippen molar-refractivity contribution in [2.75, 3.05) is 6.54 Å². The van der Waals surface area contributed by atoms with Gasteiger partial charge in [-0.3, -0.25) is 4.79 Å². The first kappa shape index (κ1) is 13.1. The molecular weight excluding hydrogens is 294 g/mol. The minimum absolute atomic E-state index is 0.129. The van der Waals surface area contributed by atoms with Crippen molar-refractivity contribution in [2.45, 2.75) is 6.42 Å². The predicted molar refractivity (Wildman–Crippen MR) is 81.5 cm³/mol.